The zero-order valence-electron chi connectivity index (χ0n) is 6.24. The first kappa shape index (κ1) is 7.94. The van der Waals surface area contributed by atoms with Gasteiger partial charge in [-0.3, -0.25) is 0 Å². The number of thiophene rings is 1. The first-order chi connectivity index (χ1) is 5.75. The third-order valence-corrected chi connectivity index (χ3v) is 2.68. The van der Waals surface area contributed by atoms with Crippen molar-refractivity contribution in [2.45, 2.75) is 6.92 Å². The average molecular weight is 245 g/mol. The molecule has 0 unspecified atom stereocenters. The third-order valence-electron chi connectivity index (χ3n) is 1.36. The van der Waals surface area contributed by atoms with Crippen LogP contribution in [0.25, 0.3) is 10.7 Å². The van der Waals surface area contributed by atoms with Gasteiger partial charge in [-0.05, 0) is 19.1 Å². The van der Waals surface area contributed by atoms with Gasteiger partial charge in [-0.25, -0.2) is 0 Å². The Bertz CT molecular complexity index is 357. The summed E-state index contributed by atoms with van der Waals surface area (Å²) >= 11 is 4.75. The molecule has 0 aliphatic carbocycles. The molecule has 0 aromatic carbocycles. The molecule has 0 atom stereocenters. The lowest BCUT2D eigenvalue weighted by Gasteiger charge is -1.81. The monoisotopic (exact) mass is 244 g/mol. The maximum absolute atomic E-state index is 4.79. The van der Waals surface area contributed by atoms with Crippen LogP contribution in [0.5, 0.6) is 0 Å². The van der Waals surface area contributed by atoms with Gasteiger partial charge in [-0.2, -0.15) is 4.98 Å². The van der Waals surface area contributed by atoms with E-state index in [1.807, 2.05) is 19.1 Å². The molecule has 0 spiro atoms. The van der Waals surface area contributed by atoms with Gasteiger partial charge in [0.15, 0.2) is 0 Å². The van der Waals surface area contributed by atoms with E-state index in [2.05, 4.69) is 26.1 Å². The Balaban J connectivity index is 2.43. The number of halogens is 1. The van der Waals surface area contributed by atoms with Gasteiger partial charge in [-0.1, -0.05) is 5.16 Å². The van der Waals surface area contributed by atoms with Crippen molar-refractivity contribution in [3.63, 3.8) is 0 Å². The number of nitrogens with zero attached hydrogens (tertiary/aromatic N) is 2. The molecule has 0 saturated carbocycles. The van der Waals surface area contributed by atoms with E-state index in [4.69, 9.17) is 4.52 Å². The molecular weight excluding hydrogens is 240 g/mol. The molecule has 2 aromatic heterocycles. The Morgan fingerprint density at radius 2 is 2.33 bits per heavy atom. The van der Waals surface area contributed by atoms with Crippen molar-refractivity contribution in [2.75, 3.05) is 0 Å². The lowest BCUT2D eigenvalue weighted by molar-refractivity contribution is 0.397. The van der Waals surface area contributed by atoms with Crippen molar-refractivity contribution in [3.8, 4) is 10.7 Å². The molecule has 5 heteroatoms. The lowest BCUT2D eigenvalue weighted by atomic mass is 10.4. The van der Waals surface area contributed by atoms with Gasteiger partial charge in [0.1, 0.15) is 0 Å². The van der Waals surface area contributed by atoms with E-state index in [1.54, 1.807) is 11.3 Å². The molecule has 62 valence electrons. The Morgan fingerprint density at radius 3 is 2.83 bits per heavy atom. The summed E-state index contributed by atoms with van der Waals surface area (Å²) in [6, 6.07) is 4.02. The van der Waals surface area contributed by atoms with E-state index in [0.717, 1.165) is 4.88 Å². The van der Waals surface area contributed by atoms with Crippen LogP contribution in [0.2, 0.25) is 0 Å². The maximum atomic E-state index is 4.79. The first-order valence-corrected chi connectivity index (χ1v) is 4.92. The van der Waals surface area contributed by atoms with Crippen molar-refractivity contribution in [1.29, 1.82) is 0 Å². The zero-order chi connectivity index (χ0) is 8.55. The highest BCUT2D eigenvalue weighted by Gasteiger charge is 2.07. The topological polar surface area (TPSA) is 38.9 Å². The molecule has 0 amide bonds. The fraction of sp³-hybridized carbons (Fsp3) is 0.143. The van der Waals surface area contributed by atoms with Gasteiger partial charge in [0.2, 0.25) is 5.82 Å². The first-order valence-electron chi connectivity index (χ1n) is 3.32. The fourth-order valence-corrected chi connectivity index (χ4v) is 1.89. The molecule has 0 radical (unpaired) electrons. The summed E-state index contributed by atoms with van der Waals surface area (Å²) in [5.41, 5.74) is 0. The predicted octanol–water partition coefficient (Wildman–Crippen LogP) is 2.87. The molecule has 2 heterocycles. The minimum absolute atomic E-state index is 0.420. The van der Waals surface area contributed by atoms with E-state index >= 15 is 0 Å². The molecular formula is C7H5BrN2OS. The number of hydrogen-bond acceptors (Lipinski definition) is 4. The molecule has 0 bridgehead atoms. The standard InChI is InChI=1S/C7H5BrN2OS/c1-4-2-3-5(12-4)6-9-7(8)11-10-6/h2-3H,1H3. The van der Waals surface area contributed by atoms with Crippen LogP contribution >= 0.6 is 27.3 Å². The van der Waals surface area contributed by atoms with Crippen LogP contribution in [0.3, 0.4) is 0 Å². The van der Waals surface area contributed by atoms with Crippen LogP contribution in [0.1, 0.15) is 4.88 Å². The van der Waals surface area contributed by atoms with Crippen molar-refractivity contribution in [3.05, 3.63) is 21.8 Å². The minimum atomic E-state index is 0.420. The number of rotatable bonds is 1. The summed E-state index contributed by atoms with van der Waals surface area (Å²) in [5, 5.41) is 3.78. The maximum Gasteiger partial charge on any atom is 0.294 e. The van der Waals surface area contributed by atoms with Crippen LogP contribution in [-0.2, 0) is 0 Å². The van der Waals surface area contributed by atoms with Gasteiger partial charge >= 0.3 is 0 Å². The quantitative estimate of drug-likeness (QED) is 0.775. The van der Waals surface area contributed by atoms with Crippen LogP contribution in [0.4, 0.5) is 0 Å². The van der Waals surface area contributed by atoms with Crippen LogP contribution in [-0.4, -0.2) is 10.1 Å². The van der Waals surface area contributed by atoms with Crippen molar-refractivity contribution in [2.24, 2.45) is 0 Å². The largest absolute Gasteiger partial charge is 0.326 e. The van der Waals surface area contributed by atoms with Crippen molar-refractivity contribution in [1.82, 2.24) is 10.1 Å². The summed E-state index contributed by atoms with van der Waals surface area (Å²) in [4.78, 5) is 6.73. The normalized spacial score (nSPS) is 10.5. The highest BCUT2D eigenvalue weighted by Crippen LogP contribution is 2.25. The van der Waals surface area contributed by atoms with Crippen molar-refractivity contribution < 1.29 is 4.52 Å². The molecule has 0 N–H and O–H groups in total. The smallest absolute Gasteiger partial charge is 0.294 e. The zero-order valence-corrected chi connectivity index (χ0v) is 8.65. The lowest BCUT2D eigenvalue weighted by Crippen LogP contribution is -1.72. The Labute approximate surface area is 81.5 Å². The molecule has 12 heavy (non-hydrogen) atoms. The second-order valence-electron chi connectivity index (χ2n) is 2.28. The summed E-state index contributed by atoms with van der Waals surface area (Å²) in [5.74, 6) is 0.639. The highest BCUT2D eigenvalue weighted by atomic mass is 79.9. The third kappa shape index (κ3) is 1.42. The second-order valence-corrected chi connectivity index (χ2v) is 4.25. The van der Waals surface area contributed by atoms with E-state index in [0.29, 0.717) is 10.6 Å². The molecule has 2 aromatic rings. The molecule has 0 saturated heterocycles. The Kier molecular flexibility index (Phi) is 1.98. The summed E-state index contributed by atoms with van der Waals surface area (Å²) in [6.45, 7) is 2.04. The SMILES string of the molecule is Cc1ccc(-c2noc(Br)n2)s1. The number of aromatic nitrogens is 2. The highest BCUT2D eigenvalue weighted by molar-refractivity contribution is 9.10. The van der Waals surface area contributed by atoms with E-state index in [9.17, 15) is 0 Å². The molecule has 0 aliphatic heterocycles. The minimum Gasteiger partial charge on any atom is -0.326 e. The molecule has 2 rings (SSSR count). The van der Waals surface area contributed by atoms with E-state index in [-0.39, 0.29) is 0 Å². The van der Waals surface area contributed by atoms with Crippen molar-refractivity contribution >= 4 is 27.3 Å². The Hall–Kier alpha value is -0.680. The molecule has 3 nitrogen and oxygen atoms in total. The van der Waals surface area contributed by atoms with Crippen LogP contribution in [0, 0.1) is 6.92 Å². The van der Waals surface area contributed by atoms with Crippen LogP contribution in [0.15, 0.2) is 21.5 Å². The number of hydrogen-bond donors (Lipinski definition) is 0. The van der Waals surface area contributed by atoms with Crippen LogP contribution < -0.4 is 0 Å². The van der Waals surface area contributed by atoms with E-state index in [1.165, 1.54) is 4.88 Å². The van der Waals surface area contributed by atoms with Gasteiger partial charge in [0, 0.05) is 20.8 Å². The summed E-state index contributed by atoms with van der Waals surface area (Å²) in [7, 11) is 0. The summed E-state index contributed by atoms with van der Waals surface area (Å²) < 4.78 is 4.79. The predicted molar refractivity (Wildman–Crippen MR) is 50.0 cm³/mol. The van der Waals surface area contributed by atoms with Gasteiger partial charge < -0.3 is 4.52 Å². The fourth-order valence-electron chi connectivity index (χ4n) is 0.860. The summed E-state index contributed by atoms with van der Waals surface area (Å²) in [6.07, 6.45) is 0. The van der Waals surface area contributed by atoms with Gasteiger partial charge in [0.25, 0.3) is 4.80 Å². The van der Waals surface area contributed by atoms with E-state index < -0.39 is 0 Å². The van der Waals surface area contributed by atoms with Gasteiger partial charge in [0.05, 0.1) is 4.88 Å². The molecule has 0 aliphatic rings. The average Bonchev–Trinajstić information content (AvgIpc) is 2.58. The van der Waals surface area contributed by atoms with Gasteiger partial charge in [-0.15, -0.1) is 11.3 Å². The number of aryl methyl sites for hydroxylation is 1. The molecule has 0 fully saturated rings. The Morgan fingerprint density at radius 1 is 1.50 bits per heavy atom. The second kappa shape index (κ2) is 2.99.